The van der Waals surface area contributed by atoms with Crippen molar-refractivity contribution < 1.29 is 27.5 Å². The lowest BCUT2D eigenvalue weighted by Crippen LogP contribution is -2.29. The van der Waals surface area contributed by atoms with Crippen LogP contribution >= 0.6 is 0 Å². The Balaban J connectivity index is 2.20. The van der Waals surface area contributed by atoms with E-state index in [-0.39, 0.29) is 18.0 Å². The Morgan fingerprint density at radius 3 is 2.29 bits per heavy atom. The van der Waals surface area contributed by atoms with Crippen LogP contribution in [-0.2, 0) is 16.0 Å². The van der Waals surface area contributed by atoms with Crippen LogP contribution in [0.4, 0.5) is 18.9 Å². The molecule has 0 spiro atoms. The fraction of sp³-hybridized carbons (Fsp3) is 0.250. The molecule has 0 aliphatic rings. The normalized spacial score (nSPS) is 10.6. The molecule has 146 valence electrons. The van der Waals surface area contributed by atoms with Gasteiger partial charge in [0.15, 0.2) is 0 Å². The lowest BCUT2D eigenvalue weighted by molar-refractivity contribution is -0.167. The zero-order chi connectivity index (χ0) is 20.7. The summed E-state index contributed by atoms with van der Waals surface area (Å²) in [6, 6.07) is 8.86. The molecule has 0 saturated carbocycles. The quantitative estimate of drug-likeness (QED) is 0.638. The number of nitrogens with zero attached hydrogens (tertiary/aromatic N) is 1. The summed E-state index contributed by atoms with van der Waals surface area (Å²) in [5.41, 5.74) is 1.94. The molecule has 1 heterocycles. The number of halogens is 3. The molecule has 2 aromatic rings. The van der Waals surface area contributed by atoms with Gasteiger partial charge in [0.2, 0.25) is 0 Å². The molecule has 0 radical (unpaired) electrons. The van der Waals surface area contributed by atoms with Crippen molar-refractivity contribution in [3.63, 3.8) is 0 Å². The van der Waals surface area contributed by atoms with E-state index < -0.39 is 18.1 Å². The Kier molecular flexibility index (Phi) is 6.77. The minimum Gasteiger partial charge on any atom is -0.461 e. The molecule has 0 unspecified atom stereocenters. The predicted molar refractivity (Wildman–Crippen MR) is 96.7 cm³/mol. The smallest absolute Gasteiger partial charge is 0.461 e. The lowest BCUT2D eigenvalue weighted by atomic mass is 10.1. The number of anilines is 1. The fourth-order valence-corrected chi connectivity index (χ4v) is 2.13. The van der Waals surface area contributed by atoms with Crippen molar-refractivity contribution in [1.82, 2.24) is 4.98 Å². The third-order valence-corrected chi connectivity index (χ3v) is 3.48. The molecule has 1 amide bonds. The molecule has 0 saturated heterocycles. The number of aromatic nitrogens is 1. The topological polar surface area (TPSA) is 68.3 Å². The number of carbonyl (C=O) groups is 2. The third-order valence-electron chi connectivity index (χ3n) is 3.48. The monoisotopic (exact) mass is 390 g/mol. The van der Waals surface area contributed by atoms with Gasteiger partial charge in [-0.3, -0.25) is 4.79 Å². The number of amides is 1. The Labute approximate surface area is 159 Å². The Morgan fingerprint density at radius 2 is 1.71 bits per heavy atom. The molecule has 0 bridgehead atoms. The van der Waals surface area contributed by atoms with E-state index in [1.165, 1.54) is 30.3 Å². The molecule has 28 heavy (non-hydrogen) atoms. The van der Waals surface area contributed by atoms with Gasteiger partial charge in [0.05, 0.1) is 6.61 Å². The van der Waals surface area contributed by atoms with E-state index in [0.717, 1.165) is 0 Å². The summed E-state index contributed by atoms with van der Waals surface area (Å²) in [5, 5.41) is 1.76. The summed E-state index contributed by atoms with van der Waals surface area (Å²) in [6.07, 6.45) is -4.34. The van der Waals surface area contributed by atoms with Gasteiger partial charge in [-0.05, 0) is 49.7 Å². The summed E-state index contributed by atoms with van der Waals surface area (Å²) < 4.78 is 41.7. The summed E-state index contributed by atoms with van der Waals surface area (Å²) in [6.45, 7) is 3.82. The first-order valence-electron chi connectivity index (χ1n) is 8.41. The van der Waals surface area contributed by atoms with Crippen LogP contribution in [0.25, 0.3) is 0 Å². The van der Waals surface area contributed by atoms with Crippen LogP contribution in [0.2, 0.25) is 0 Å². The predicted octanol–water partition coefficient (Wildman–Crippen LogP) is 3.72. The van der Waals surface area contributed by atoms with Gasteiger partial charge >= 0.3 is 18.1 Å². The van der Waals surface area contributed by atoms with Crippen LogP contribution in [0, 0.1) is 11.8 Å². The van der Waals surface area contributed by atoms with Crippen LogP contribution < -0.4 is 5.32 Å². The molecule has 1 N–H and O–H groups in total. The van der Waals surface area contributed by atoms with Crippen molar-refractivity contribution in [3.8, 4) is 11.8 Å². The Hall–Kier alpha value is -3.34. The number of nitrogens with one attached hydrogen (secondary N) is 1. The number of alkyl halides is 3. The van der Waals surface area contributed by atoms with Gasteiger partial charge in [0.25, 0.3) is 0 Å². The average Bonchev–Trinajstić information content (AvgIpc) is 2.66. The van der Waals surface area contributed by atoms with Crippen molar-refractivity contribution in [1.29, 1.82) is 0 Å². The highest BCUT2D eigenvalue weighted by atomic mass is 19.4. The maximum Gasteiger partial charge on any atom is 0.471 e. The summed E-state index contributed by atoms with van der Waals surface area (Å²) >= 11 is 0. The standard InChI is InChI=1S/C20H17F3N2O3/c1-3-15-11-14(12-17(24-15)18(26)28-4-2)6-5-13-7-9-16(10-8-13)25-19(27)20(21,22)23/h7-12H,3-4H2,1-2H3,(H,25,27). The van der Waals surface area contributed by atoms with E-state index in [1.807, 2.05) is 6.92 Å². The second-order valence-electron chi connectivity index (χ2n) is 5.59. The molecule has 0 fully saturated rings. The van der Waals surface area contributed by atoms with Gasteiger partial charge in [-0.2, -0.15) is 13.2 Å². The van der Waals surface area contributed by atoms with Gasteiger partial charge in [-0.25, -0.2) is 9.78 Å². The molecular formula is C20H17F3N2O3. The van der Waals surface area contributed by atoms with Crippen molar-refractivity contribution in [2.75, 3.05) is 11.9 Å². The van der Waals surface area contributed by atoms with Gasteiger partial charge in [0.1, 0.15) is 5.69 Å². The summed E-state index contributed by atoms with van der Waals surface area (Å²) in [7, 11) is 0. The number of hydrogen-bond donors (Lipinski definition) is 1. The highest BCUT2D eigenvalue weighted by molar-refractivity contribution is 5.94. The fourth-order valence-electron chi connectivity index (χ4n) is 2.13. The van der Waals surface area contributed by atoms with Gasteiger partial charge in [-0.1, -0.05) is 18.8 Å². The largest absolute Gasteiger partial charge is 0.471 e. The second kappa shape index (κ2) is 9.04. The van der Waals surface area contributed by atoms with Gasteiger partial charge in [0, 0.05) is 22.5 Å². The number of ether oxygens (including phenoxy) is 1. The third kappa shape index (κ3) is 5.84. The minimum absolute atomic E-state index is 0.00894. The van der Waals surface area contributed by atoms with E-state index in [1.54, 1.807) is 18.3 Å². The first-order chi connectivity index (χ1) is 13.2. The number of aryl methyl sites for hydroxylation is 1. The molecule has 2 rings (SSSR count). The molecule has 8 heteroatoms. The molecule has 1 aromatic heterocycles. The van der Waals surface area contributed by atoms with E-state index in [9.17, 15) is 22.8 Å². The molecule has 0 aliphatic heterocycles. The maximum absolute atomic E-state index is 12.2. The summed E-state index contributed by atoms with van der Waals surface area (Å²) in [5.74, 6) is 3.17. The van der Waals surface area contributed by atoms with Gasteiger partial charge in [-0.15, -0.1) is 0 Å². The zero-order valence-electron chi connectivity index (χ0n) is 15.2. The van der Waals surface area contributed by atoms with E-state index in [4.69, 9.17) is 4.74 Å². The van der Waals surface area contributed by atoms with Gasteiger partial charge < -0.3 is 10.1 Å². The maximum atomic E-state index is 12.2. The first kappa shape index (κ1) is 21.0. The number of hydrogen-bond acceptors (Lipinski definition) is 4. The number of esters is 1. The van der Waals surface area contributed by atoms with Crippen molar-refractivity contribution in [3.05, 3.63) is 58.9 Å². The zero-order valence-corrected chi connectivity index (χ0v) is 15.2. The minimum atomic E-state index is -4.95. The van der Waals surface area contributed by atoms with Crippen LogP contribution in [0.1, 0.15) is 41.2 Å². The average molecular weight is 390 g/mol. The summed E-state index contributed by atoms with van der Waals surface area (Å²) in [4.78, 5) is 27.0. The highest BCUT2D eigenvalue weighted by Crippen LogP contribution is 2.18. The molecular weight excluding hydrogens is 373 g/mol. The van der Waals surface area contributed by atoms with Crippen molar-refractivity contribution >= 4 is 17.6 Å². The van der Waals surface area contributed by atoms with Crippen LogP contribution in [-0.4, -0.2) is 29.6 Å². The molecule has 5 nitrogen and oxygen atoms in total. The van der Waals surface area contributed by atoms with Crippen LogP contribution in [0.15, 0.2) is 36.4 Å². The van der Waals surface area contributed by atoms with E-state index in [2.05, 4.69) is 16.8 Å². The Morgan fingerprint density at radius 1 is 1.07 bits per heavy atom. The molecule has 0 aliphatic carbocycles. The van der Waals surface area contributed by atoms with E-state index in [0.29, 0.717) is 23.2 Å². The highest BCUT2D eigenvalue weighted by Gasteiger charge is 2.38. The lowest BCUT2D eigenvalue weighted by Gasteiger charge is -2.07. The number of carbonyl (C=O) groups excluding carboxylic acids is 2. The Bertz CT molecular complexity index is 926. The second-order valence-corrected chi connectivity index (χ2v) is 5.59. The first-order valence-corrected chi connectivity index (χ1v) is 8.41. The molecule has 0 atom stereocenters. The van der Waals surface area contributed by atoms with Crippen LogP contribution in [0.3, 0.4) is 0 Å². The van der Waals surface area contributed by atoms with E-state index >= 15 is 0 Å². The van der Waals surface area contributed by atoms with Crippen molar-refractivity contribution in [2.24, 2.45) is 0 Å². The van der Waals surface area contributed by atoms with Crippen molar-refractivity contribution in [2.45, 2.75) is 26.4 Å². The SMILES string of the molecule is CCOC(=O)c1cc(C#Cc2ccc(NC(=O)C(F)(F)F)cc2)cc(CC)n1. The van der Waals surface area contributed by atoms with Crippen LogP contribution in [0.5, 0.6) is 0 Å². The number of benzene rings is 1. The molecule has 1 aromatic carbocycles. The number of rotatable bonds is 4. The number of pyridine rings is 1.